The fourth-order valence-electron chi connectivity index (χ4n) is 2.18. The standard InChI is InChI=1S/C10H8N10S2/c11-9-15-5-3(7(21)17-9)13-1-19(5)20-2-14-4-6(20)16-10(12)18-8(4)22/h1-2H,(H3,11,15,17,21)(H3,12,16,18,22). The predicted octanol–water partition coefficient (Wildman–Crippen LogP) is 0.767. The number of nitrogens with one attached hydrogen (secondary N) is 2. The molecule has 12 heteroatoms. The molecule has 0 bridgehead atoms. The lowest BCUT2D eigenvalue weighted by molar-refractivity contribution is 0.688. The Balaban J connectivity index is 2.12. The van der Waals surface area contributed by atoms with E-state index in [2.05, 4.69) is 29.9 Å². The first kappa shape index (κ1) is 12.8. The summed E-state index contributed by atoms with van der Waals surface area (Å²) in [4.78, 5) is 22.3. The number of rotatable bonds is 1. The van der Waals surface area contributed by atoms with Crippen LogP contribution in [0.1, 0.15) is 0 Å². The molecule has 0 saturated heterocycles. The number of imidazole rings is 2. The van der Waals surface area contributed by atoms with E-state index in [0.29, 0.717) is 31.6 Å². The Morgan fingerprint density at radius 2 is 1.23 bits per heavy atom. The average molecular weight is 332 g/mol. The minimum atomic E-state index is 0.192. The molecule has 0 amide bonds. The number of aromatic amines is 2. The van der Waals surface area contributed by atoms with Crippen LogP contribution in [0.4, 0.5) is 11.9 Å². The number of anilines is 2. The van der Waals surface area contributed by atoms with Gasteiger partial charge in [-0.25, -0.2) is 29.3 Å². The van der Waals surface area contributed by atoms with Gasteiger partial charge in [-0.15, -0.1) is 0 Å². The van der Waals surface area contributed by atoms with Crippen molar-refractivity contribution in [3.8, 4) is 0 Å². The number of nitrogen functional groups attached to an aromatic ring is 2. The number of nitrogens with two attached hydrogens (primary N) is 2. The van der Waals surface area contributed by atoms with E-state index in [-0.39, 0.29) is 11.9 Å². The second kappa shape index (κ2) is 4.32. The third kappa shape index (κ3) is 1.71. The molecule has 4 aromatic heterocycles. The van der Waals surface area contributed by atoms with Crippen molar-refractivity contribution in [2.24, 2.45) is 0 Å². The van der Waals surface area contributed by atoms with Gasteiger partial charge in [0.1, 0.15) is 23.7 Å². The van der Waals surface area contributed by atoms with Crippen LogP contribution in [0.15, 0.2) is 12.7 Å². The third-order valence-electron chi connectivity index (χ3n) is 3.07. The Kier molecular flexibility index (Phi) is 2.52. The van der Waals surface area contributed by atoms with Crippen LogP contribution in [0.5, 0.6) is 0 Å². The van der Waals surface area contributed by atoms with Gasteiger partial charge in [-0.3, -0.25) is 0 Å². The Morgan fingerprint density at radius 3 is 1.64 bits per heavy atom. The summed E-state index contributed by atoms with van der Waals surface area (Å²) < 4.78 is 3.96. The van der Waals surface area contributed by atoms with Gasteiger partial charge in [-0.1, -0.05) is 24.4 Å². The topological polar surface area (TPSA) is 145 Å². The molecule has 0 aliphatic carbocycles. The minimum absolute atomic E-state index is 0.192. The SMILES string of the molecule is Nc1nc(=S)c2ncn(-n3cnc4c(=S)nc(N)[nH]c43)c2[nH]1. The van der Waals surface area contributed by atoms with Crippen molar-refractivity contribution in [2.75, 3.05) is 11.5 Å². The summed E-state index contributed by atoms with van der Waals surface area (Å²) in [5, 5.41) is 0. The second-order valence-corrected chi connectivity index (χ2v) is 5.20. The molecule has 22 heavy (non-hydrogen) atoms. The molecule has 4 rings (SSSR count). The van der Waals surface area contributed by atoms with Gasteiger partial charge < -0.3 is 21.4 Å². The van der Waals surface area contributed by atoms with Crippen LogP contribution in [0.2, 0.25) is 0 Å². The first-order valence-corrected chi connectivity index (χ1v) is 6.82. The van der Waals surface area contributed by atoms with Crippen molar-refractivity contribution >= 4 is 58.7 Å². The number of aromatic nitrogens is 8. The summed E-state index contributed by atoms with van der Waals surface area (Å²) in [6.07, 6.45) is 3.12. The highest BCUT2D eigenvalue weighted by atomic mass is 32.1. The summed E-state index contributed by atoms with van der Waals surface area (Å²) in [5.74, 6) is 0.385. The molecular formula is C10H8N10S2. The largest absolute Gasteiger partial charge is 0.369 e. The predicted molar refractivity (Wildman–Crippen MR) is 85.0 cm³/mol. The van der Waals surface area contributed by atoms with Crippen LogP contribution in [0.25, 0.3) is 22.3 Å². The van der Waals surface area contributed by atoms with Crippen LogP contribution in [0, 0.1) is 9.28 Å². The Morgan fingerprint density at radius 1 is 0.818 bits per heavy atom. The highest BCUT2D eigenvalue weighted by Gasteiger charge is 2.12. The van der Waals surface area contributed by atoms with Gasteiger partial charge in [0.2, 0.25) is 11.9 Å². The van der Waals surface area contributed by atoms with Crippen LogP contribution in [-0.4, -0.2) is 39.3 Å². The average Bonchev–Trinajstić information content (AvgIpc) is 3.02. The number of hydrogen-bond acceptors (Lipinski definition) is 8. The van der Waals surface area contributed by atoms with E-state index in [4.69, 9.17) is 35.9 Å². The second-order valence-electron chi connectivity index (χ2n) is 4.43. The quantitative estimate of drug-likeness (QED) is 0.374. The summed E-state index contributed by atoms with van der Waals surface area (Å²) >= 11 is 10.3. The molecule has 110 valence electrons. The van der Waals surface area contributed by atoms with Crippen molar-refractivity contribution in [1.82, 2.24) is 39.3 Å². The molecule has 0 atom stereocenters. The lowest BCUT2D eigenvalue weighted by atomic mass is 10.5. The van der Waals surface area contributed by atoms with Crippen molar-refractivity contribution in [1.29, 1.82) is 0 Å². The Bertz CT molecular complexity index is 1050. The van der Waals surface area contributed by atoms with Gasteiger partial charge in [0, 0.05) is 0 Å². The zero-order valence-corrected chi connectivity index (χ0v) is 12.4. The maximum absolute atomic E-state index is 5.71. The first-order chi connectivity index (χ1) is 10.5. The maximum atomic E-state index is 5.71. The van der Waals surface area contributed by atoms with E-state index in [9.17, 15) is 0 Å². The van der Waals surface area contributed by atoms with Gasteiger partial charge in [0.05, 0.1) is 0 Å². The molecule has 6 N–H and O–H groups in total. The molecule has 0 radical (unpaired) electrons. The van der Waals surface area contributed by atoms with Gasteiger partial charge in [-0.05, 0) is 0 Å². The Hall–Kier alpha value is -2.86. The summed E-state index contributed by atoms with van der Waals surface area (Å²) in [6, 6.07) is 0. The Labute approximate surface area is 131 Å². The number of H-pyrrole nitrogens is 2. The third-order valence-corrected chi connectivity index (χ3v) is 3.64. The maximum Gasteiger partial charge on any atom is 0.200 e. The highest BCUT2D eigenvalue weighted by Crippen LogP contribution is 2.17. The molecule has 0 unspecified atom stereocenters. The fourth-order valence-corrected chi connectivity index (χ4v) is 2.67. The molecule has 10 nitrogen and oxygen atoms in total. The number of hydrogen-bond donors (Lipinski definition) is 4. The van der Waals surface area contributed by atoms with Crippen LogP contribution in [0.3, 0.4) is 0 Å². The lowest BCUT2D eigenvalue weighted by Crippen LogP contribution is -2.10. The highest BCUT2D eigenvalue weighted by molar-refractivity contribution is 7.71. The van der Waals surface area contributed by atoms with Crippen molar-refractivity contribution < 1.29 is 0 Å². The molecular weight excluding hydrogens is 324 g/mol. The van der Waals surface area contributed by atoms with Gasteiger partial charge in [0.25, 0.3) is 0 Å². The molecule has 0 aliphatic heterocycles. The van der Waals surface area contributed by atoms with Gasteiger partial charge in [0.15, 0.2) is 20.6 Å². The van der Waals surface area contributed by atoms with E-state index >= 15 is 0 Å². The molecule has 4 heterocycles. The first-order valence-electron chi connectivity index (χ1n) is 6.01. The van der Waals surface area contributed by atoms with Crippen molar-refractivity contribution in [3.05, 3.63) is 21.9 Å². The number of nitrogens with zero attached hydrogens (tertiary/aromatic N) is 6. The molecule has 0 saturated carbocycles. The zero-order chi connectivity index (χ0) is 15.4. The van der Waals surface area contributed by atoms with E-state index in [1.54, 1.807) is 22.0 Å². The molecule has 0 spiro atoms. The summed E-state index contributed by atoms with van der Waals surface area (Å²) in [7, 11) is 0. The van der Waals surface area contributed by atoms with Gasteiger partial charge >= 0.3 is 0 Å². The van der Waals surface area contributed by atoms with E-state index in [1.807, 2.05) is 0 Å². The molecule has 0 aromatic carbocycles. The molecule has 0 aliphatic rings. The van der Waals surface area contributed by atoms with Crippen molar-refractivity contribution in [3.63, 3.8) is 0 Å². The van der Waals surface area contributed by atoms with Crippen LogP contribution in [-0.2, 0) is 0 Å². The van der Waals surface area contributed by atoms with E-state index in [0.717, 1.165) is 0 Å². The minimum Gasteiger partial charge on any atom is -0.369 e. The molecule has 0 fully saturated rings. The van der Waals surface area contributed by atoms with E-state index in [1.165, 1.54) is 0 Å². The van der Waals surface area contributed by atoms with E-state index < -0.39 is 0 Å². The molecule has 4 aromatic rings. The van der Waals surface area contributed by atoms with Crippen LogP contribution >= 0.6 is 24.4 Å². The summed E-state index contributed by atoms with van der Waals surface area (Å²) in [6.45, 7) is 0. The smallest absolute Gasteiger partial charge is 0.200 e. The normalized spacial score (nSPS) is 11.5. The lowest BCUT2D eigenvalue weighted by Gasteiger charge is -2.06. The zero-order valence-electron chi connectivity index (χ0n) is 10.8. The monoisotopic (exact) mass is 332 g/mol. The van der Waals surface area contributed by atoms with Gasteiger partial charge in [-0.2, -0.15) is 0 Å². The van der Waals surface area contributed by atoms with Crippen LogP contribution < -0.4 is 11.5 Å². The number of fused-ring (bicyclic) bond motifs is 2. The summed E-state index contributed by atoms with van der Waals surface area (Å²) in [5.41, 5.74) is 13.6. The van der Waals surface area contributed by atoms with Crippen molar-refractivity contribution in [2.45, 2.75) is 0 Å². The fraction of sp³-hybridized carbons (Fsp3) is 0.